The van der Waals surface area contributed by atoms with Crippen LogP contribution in [0, 0.1) is 5.92 Å². The van der Waals surface area contributed by atoms with Gasteiger partial charge in [-0.2, -0.15) is 0 Å². The molecule has 1 unspecified atom stereocenters. The third-order valence-electron chi connectivity index (χ3n) is 5.12. The first-order valence-electron chi connectivity index (χ1n) is 10.7. The van der Waals surface area contributed by atoms with E-state index in [4.69, 9.17) is 19.2 Å². The molecule has 0 aliphatic carbocycles. The molecule has 0 aromatic heterocycles. The Kier molecular flexibility index (Phi) is 10.7. The Bertz CT molecular complexity index is 603. The van der Waals surface area contributed by atoms with Gasteiger partial charge < -0.3 is 29.7 Å². The molecule has 0 amide bonds. The molecule has 0 saturated carbocycles. The van der Waals surface area contributed by atoms with Crippen LogP contribution in [0.5, 0.6) is 11.5 Å². The second-order valence-electron chi connectivity index (χ2n) is 7.46. The molecular weight excluding hydrogens is 368 g/mol. The first-order chi connectivity index (χ1) is 14.2. The zero-order chi connectivity index (χ0) is 20.9. The number of aliphatic imine (C=N–C) groups is 1. The van der Waals surface area contributed by atoms with E-state index in [1.165, 1.54) is 12.8 Å². The number of piperidine rings is 1. The van der Waals surface area contributed by atoms with Gasteiger partial charge >= 0.3 is 0 Å². The number of nitrogens with zero attached hydrogens (tertiary/aromatic N) is 2. The highest BCUT2D eigenvalue weighted by molar-refractivity contribution is 5.79. The van der Waals surface area contributed by atoms with Crippen molar-refractivity contribution in [1.29, 1.82) is 0 Å². The Labute approximate surface area is 175 Å². The number of para-hydroxylation sites is 2. The number of methoxy groups -OCH3 is 2. The minimum atomic E-state index is -0.0502. The highest BCUT2D eigenvalue weighted by Gasteiger charge is 2.19. The fraction of sp³-hybridized carbons (Fsp3) is 0.682. The van der Waals surface area contributed by atoms with E-state index in [-0.39, 0.29) is 6.10 Å². The smallest absolute Gasteiger partial charge is 0.191 e. The Morgan fingerprint density at radius 2 is 1.90 bits per heavy atom. The molecule has 1 aromatic carbocycles. The largest absolute Gasteiger partial charge is 0.493 e. The van der Waals surface area contributed by atoms with Gasteiger partial charge in [-0.1, -0.05) is 12.1 Å². The van der Waals surface area contributed by atoms with Crippen molar-refractivity contribution in [2.75, 3.05) is 60.1 Å². The van der Waals surface area contributed by atoms with Crippen LogP contribution in [0.2, 0.25) is 0 Å². The number of likely N-dealkylation sites (tertiary alicyclic amines) is 1. The third-order valence-corrected chi connectivity index (χ3v) is 5.12. The van der Waals surface area contributed by atoms with Crippen molar-refractivity contribution in [1.82, 2.24) is 15.5 Å². The van der Waals surface area contributed by atoms with Gasteiger partial charge in [0.15, 0.2) is 17.5 Å². The standard InChI is InChI=1S/C22H38N4O3/c1-5-23-22(25-17-19-10-12-26(13-11-19)14-15-27-3)24-16-18(2)29-21-9-7-6-8-20(21)28-4/h6-9,18-19H,5,10-17H2,1-4H3,(H2,23,24,25). The summed E-state index contributed by atoms with van der Waals surface area (Å²) in [5.41, 5.74) is 0. The van der Waals surface area contributed by atoms with E-state index in [0.717, 1.165) is 56.8 Å². The molecule has 0 radical (unpaired) electrons. The summed E-state index contributed by atoms with van der Waals surface area (Å²) in [4.78, 5) is 7.19. The Balaban J connectivity index is 1.77. The summed E-state index contributed by atoms with van der Waals surface area (Å²) in [5, 5.41) is 6.84. The molecule has 29 heavy (non-hydrogen) atoms. The molecule has 2 rings (SSSR count). The van der Waals surface area contributed by atoms with E-state index in [0.29, 0.717) is 12.5 Å². The van der Waals surface area contributed by atoms with E-state index >= 15 is 0 Å². The number of benzene rings is 1. The van der Waals surface area contributed by atoms with Crippen molar-refractivity contribution in [3.63, 3.8) is 0 Å². The lowest BCUT2D eigenvalue weighted by Gasteiger charge is -2.32. The SMILES string of the molecule is CCNC(=NCC(C)Oc1ccccc1OC)NCC1CCN(CCOC)CC1. The molecule has 164 valence electrons. The predicted molar refractivity (Wildman–Crippen MR) is 118 cm³/mol. The van der Waals surface area contributed by atoms with E-state index in [1.54, 1.807) is 14.2 Å². The van der Waals surface area contributed by atoms with Crippen LogP contribution in [-0.2, 0) is 4.74 Å². The minimum Gasteiger partial charge on any atom is -0.493 e. The molecule has 1 aliphatic heterocycles. The highest BCUT2D eigenvalue weighted by Crippen LogP contribution is 2.26. The summed E-state index contributed by atoms with van der Waals surface area (Å²) < 4.78 is 16.5. The van der Waals surface area contributed by atoms with Gasteiger partial charge in [0.1, 0.15) is 6.10 Å². The van der Waals surface area contributed by atoms with Crippen LogP contribution in [0.1, 0.15) is 26.7 Å². The summed E-state index contributed by atoms with van der Waals surface area (Å²) >= 11 is 0. The molecule has 1 fully saturated rings. The molecule has 1 aliphatic rings. The topological polar surface area (TPSA) is 67.4 Å². The Hall–Kier alpha value is -1.99. The molecule has 0 spiro atoms. The number of rotatable bonds is 11. The predicted octanol–water partition coefficient (Wildman–Crippen LogP) is 2.38. The van der Waals surface area contributed by atoms with Crippen LogP contribution in [-0.4, -0.2) is 77.1 Å². The monoisotopic (exact) mass is 406 g/mol. The normalized spacial score (nSPS) is 17.0. The summed E-state index contributed by atoms with van der Waals surface area (Å²) in [6, 6.07) is 7.70. The summed E-state index contributed by atoms with van der Waals surface area (Å²) in [6.45, 7) is 10.6. The second-order valence-corrected chi connectivity index (χ2v) is 7.46. The molecule has 7 nitrogen and oxygen atoms in total. The number of nitrogens with one attached hydrogen (secondary N) is 2. The van der Waals surface area contributed by atoms with Gasteiger partial charge in [0.05, 0.1) is 20.3 Å². The van der Waals surface area contributed by atoms with E-state index in [1.807, 2.05) is 31.2 Å². The lowest BCUT2D eigenvalue weighted by atomic mass is 9.97. The average Bonchev–Trinajstić information content (AvgIpc) is 2.75. The quantitative estimate of drug-likeness (QED) is 0.434. The maximum absolute atomic E-state index is 6.00. The molecule has 0 bridgehead atoms. The number of hydrogen-bond acceptors (Lipinski definition) is 5. The van der Waals surface area contributed by atoms with Gasteiger partial charge in [-0.3, -0.25) is 0 Å². The third kappa shape index (κ3) is 8.50. The molecule has 1 atom stereocenters. The minimum absolute atomic E-state index is 0.0502. The zero-order valence-corrected chi connectivity index (χ0v) is 18.4. The fourth-order valence-electron chi connectivity index (χ4n) is 3.41. The van der Waals surface area contributed by atoms with Gasteiger partial charge in [0, 0.05) is 26.7 Å². The van der Waals surface area contributed by atoms with Crippen molar-refractivity contribution in [3.05, 3.63) is 24.3 Å². The average molecular weight is 407 g/mol. The lowest BCUT2D eigenvalue weighted by molar-refractivity contribution is 0.121. The first kappa shape index (κ1) is 23.3. The van der Waals surface area contributed by atoms with Crippen molar-refractivity contribution in [3.8, 4) is 11.5 Å². The van der Waals surface area contributed by atoms with Crippen LogP contribution in [0.25, 0.3) is 0 Å². The molecule has 1 saturated heterocycles. The summed E-state index contributed by atoms with van der Waals surface area (Å²) in [7, 11) is 3.42. The first-order valence-corrected chi connectivity index (χ1v) is 10.7. The summed E-state index contributed by atoms with van der Waals surface area (Å²) in [6.07, 6.45) is 2.37. The van der Waals surface area contributed by atoms with Gasteiger partial charge in [0.25, 0.3) is 0 Å². The Morgan fingerprint density at radius 3 is 2.55 bits per heavy atom. The second kappa shape index (κ2) is 13.3. The van der Waals surface area contributed by atoms with Crippen molar-refractivity contribution in [2.45, 2.75) is 32.8 Å². The van der Waals surface area contributed by atoms with Crippen LogP contribution in [0.4, 0.5) is 0 Å². The molecule has 1 heterocycles. The molecular formula is C22H38N4O3. The van der Waals surface area contributed by atoms with Gasteiger partial charge in [-0.25, -0.2) is 4.99 Å². The van der Waals surface area contributed by atoms with Gasteiger partial charge in [-0.15, -0.1) is 0 Å². The van der Waals surface area contributed by atoms with Gasteiger partial charge in [0.2, 0.25) is 0 Å². The van der Waals surface area contributed by atoms with Crippen molar-refractivity contribution >= 4 is 5.96 Å². The maximum Gasteiger partial charge on any atom is 0.191 e. The highest BCUT2D eigenvalue weighted by atomic mass is 16.5. The van der Waals surface area contributed by atoms with Crippen LogP contribution < -0.4 is 20.1 Å². The lowest BCUT2D eigenvalue weighted by Crippen LogP contribution is -2.43. The Morgan fingerprint density at radius 1 is 1.17 bits per heavy atom. The summed E-state index contributed by atoms with van der Waals surface area (Å²) in [5.74, 6) is 3.02. The number of hydrogen-bond donors (Lipinski definition) is 2. The van der Waals surface area contributed by atoms with E-state index < -0.39 is 0 Å². The molecule has 1 aromatic rings. The maximum atomic E-state index is 6.00. The van der Waals surface area contributed by atoms with Crippen LogP contribution in [0.3, 0.4) is 0 Å². The number of guanidine groups is 1. The van der Waals surface area contributed by atoms with Crippen LogP contribution >= 0.6 is 0 Å². The fourth-order valence-corrected chi connectivity index (χ4v) is 3.41. The molecule has 7 heteroatoms. The zero-order valence-electron chi connectivity index (χ0n) is 18.4. The van der Waals surface area contributed by atoms with Crippen LogP contribution in [0.15, 0.2) is 29.3 Å². The van der Waals surface area contributed by atoms with Gasteiger partial charge in [-0.05, 0) is 57.8 Å². The molecule has 2 N–H and O–H groups in total. The van der Waals surface area contributed by atoms with E-state index in [2.05, 4.69) is 22.5 Å². The van der Waals surface area contributed by atoms with Crippen molar-refractivity contribution < 1.29 is 14.2 Å². The van der Waals surface area contributed by atoms with E-state index in [9.17, 15) is 0 Å². The number of ether oxygens (including phenoxy) is 3. The van der Waals surface area contributed by atoms with Crippen molar-refractivity contribution in [2.24, 2.45) is 10.9 Å².